The summed E-state index contributed by atoms with van der Waals surface area (Å²) < 4.78 is 5.53. The zero-order chi connectivity index (χ0) is 18.6. The summed E-state index contributed by atoms with van der Waals surface area (Å²) in [7, 11) is 0. The van der Waals surface area contributed by atoms with Gasteiger partial charge in [0.2, 0.25) is 0 Å². The van der Waals surface area contributed by atoms with E-state index in [1.54, 1.807) is 19.9 Å². The van der Waals surface area contributed by atoms with Crippen molar-refractivity contribution in [1.82, 2.24) is 5.32 Å². The largest absolute Gasteiger partial charge is 0.456 e. The Morgan fingerprint density at radius 3 is 2.72 bits per heavy atom. The van der Waals surface area contributed by atoms with Crippen LogP contribution in [0.15, 0.2) is 40.3 Å². The molecular formula is C17H14ClN3O4. The van der Waals surface area contributed by atoms with Gasteiger partial charge in [-0.05, 0) is 38.1 Å². The molecule has 0 spiro atoms. The van der Waals surface area contributed by atoms with E-state index in [9.17, 15) is 14.9 Å². The topological polar surface area (TPSA) is 109 Å². The Bertz CT molecular complexity index is 894. The lowest BCUT2D eigenvalue weighted by atomic mass is 10.1. The van der Waals surface area contributed by atoms with Crippen molar-refractivity contribution in [2.24, 2.45) is 0 Å². The van der Waals surface area contributed by atoms with Crippen molar-refractivity contribution in [3.63, 3.8) is 0 Å². The Morgan fingerprint density at radius 1 is 1.40 bits per heavy atom. The van der Waals surface area contributed by atoms with Gasteiger partial charge in [0.15, 0.2) is 0 Å². The highest BCUT2D eigenvalue weighted by atomic mass is 35.5. The highest BCUT2D eigenvalue weighted by molar-refractivity contribution is 6.30. The summed E-state index contributed by atoms with van der Waals surface area (Å²) in [5.41, 5.74) is -0.0742. The molecule has 25 heavy (non-hydrogen) atoms. The Hall–Kier alpha value is -3.11. The zero-order valence-electron chi connectivity index (χ0n) is 13.4. The van der Waals surface area contributed by atoms with E-state index in [1.807, 2.05) is 0 Å². The van der Waals surface area contributed by atoms with Crippen LogP contribution in [0.25, 0.3) is 17.4 Å². The van der Waals surface area contributed by atoms with Crippen molar-refractivity contribution >= 4 is 29.3 Å². The second-order valence-corrected chi connectivity index (χ2v) is 5.86. The number of nitriles is 1. The summed E-state index contributed by atoms with van der Waals surface area (Å²) in [4.78, 5) is 22.5. The van der Waals surface area contributed by atoms with Gasteiger partial charge < -0.3 is 9.73 Å². The number of hydrogen-bond donors (Lipinski definition) is 1. The monoisotopic (exact) mass is 359 g/mol. The molecule has 7 nitrogen and oxygen atoms in total. The van der Waals surface area contributed by atoms with Crippen LogP contribution in [-0.2, 0) is 4.79 Å². The number of nitro groups is 1. The van der Waals surface area contributed by atoms with Crippen LogP contribution in [0, 0.1) is 21.4 Å². The van der Waals surface area contributed by atoms with Crippen LogP contribution in [0.1, 0.15) is 19.6 Å². The molecule has 0 saturated carbocycles. The van der Waals surface area contributed by atoms with Gasteiger partial charge in [0, 0.05) is 23.2 Å². The number of benzene rings is 1. The molecule has 0 aliphatic rings. The highest BCUT2D eigenvalue weighted by Crippen LogP contribution is 2.33. The zero-order valence-corrected chi connectivity index (χ0v) is 14.2. The number of halogens is 1. The van der Waals surface area contributed by atoms with Gasteiger partial charge in [0.05, 0.1) is 10.5 Å². The number of carbonyl (C=O) groups excluding carboxylic acids is 1. The Balaban J connectivity index is 2.38. The lowest BCUT2D eigenvalue weighted by molar-refractivity contribution is -0.384. The Kier molecular flexibility index (Phi) is 5.57. The molecule has 0 bridgehead atoms. The number of furan rings is 1. The van der Waals surface area contributed by atoms with Crippen LogP contribution < -0.4 is 5.32 Å². The maximum Gasteiger partial charge on any atom is 0.281 e. The van der Waals surface area contributed by atoms with Crippen molar-refractivity contribution in [3.05, 3.63) is 56.8 Å². The molecule has 128 valence electrons. The predicted octanol–water partition coefficient (Wildman–Crippen LogP) is 3.94. The number of nitrogens with one attached hydrogen (secondary N) is 1. The van der Waals surface area contributed by atoms with Gasteiger partial charge in [0.1, 0.15) is 23.2 Å². The van der Waals surface area contributed by atoms with Gasteiger partial charge in [0.25, 0.3) is 11.6 Å². The average Bonchev–Trinajstić information content (AvgIpc) is 3.00. The highest BCUT2D eigenvalue weighted by Gasteiger charge is 2.19. The van der Waals surface area contributed by atoms with Crippen LogP contribution in [0.4, 0.5) is 5.69 Å². The van der Waals surface area contributed by atoms with E-state index in [2.05, 4.69) is 5.32 Å². The van der Waals surface area contributed by atoms with Gasteiger partial charge in [-0.15, -0.1) is 0 Å². The number of amides is 1. The van der Waals surface area contributed by atoms with Gasteiger partial charge in [-0.25, -0.2) is 0 Å². The number of nitrogens with zero attached hydrogens (tertiary/aromatic N) is 2. The van der Waals surface area contributed by atoms with Crippen LogP contribution in [0.3, 0.4) is 0 Å². The van der Waals surface area contributed by atoms with Gasteiger partial charge in [-0.3, -0.25) is 14.9 Å². The minimum absolute atomic E-state index is 0.117. The fourth-order valence-electron chi connectivity index (χ4n) is 2.07. The molecule has 0 unspecified atom stereocenters. The van der Waals surface area contributed by atoms with Crippen molar-refractivity contribution < 1.29 is 14.1 Å². The lowest BCUT2D eigenvalue weighted by Crippen LogP contribution is -2.30. The first-order valence-corrected chi connectivity index (χ1v) is 7.66. The SMILES string of the molecule is CC(C)NC(=O)C(C#N)=Cc1ccc(-c2ccc(Cl)cc2[N+](=O)[O-])o1. The van der Waals surface area contributed by atoms with Gasteiger partial charge >= 0.3 is 0 Å². The minimum Gasteiger partial charge on any atom is -0.456 e. The molecule has 1 N–H and O–H groups in total. The maximum absolute atomic E-state index is 11.9. The van der Waals surface area contributed by atoms with Crippen molar-refractivity contribution in [3.8, 4) is 17.4 Å². The van der Waals surface area contributed by atoms with E-state index in [0.717, 1.165) is 0 Å². The lowest BCUT2D eigenvalue weighted by Gasteiger charge is -2.06. The van der Waals surface area contributed by atoms with E-state index in [-0.39, 0.29) is 39.4 Å². The normalized spacial score (nSPS) is 11.2. The van der Waals surface area contributed by atoms with Crippen LogP contribution in [0.5, 0.6) is 0 Å². The molecule has 0 aliphatic heterocycles. The fraction of sp³-hybridized carbons (Fsp3) is 0.176. The first-order chi connectivity index (χ1) is 11.8. The molecule has 8 heteroatoms. The van der Waals surface area contributed by atoms with E-state index >= 15 is 0 Å². The standard InChI is InChI=1S/C17H14ClN3O4/c1-10(2)20-17(22)11(9-19)7-13-4-6-16(25-13)14-5-3-12(18)8-15(14)21(23)24/h3-8,10H,1-2H3,(H,20,22). The van der Waals surface area contributed by atoms with Crippen LogP contribution >= 0.6 is 11.6 Å². The van der Waals surface area contributed by atoms with E-state index in [4.69, 9.17) is 21.3 Å². The van der Waals surface area contributed by atoms with Crippen molar-refractivity contribution in [2.45, 2.75) is 19.9 Å². The van der Waals surface area contributed by atoms with Crippen LogP contribution in [0.2, 0.25) is 5.02 Å². The first-order valence-electron chi connectivity index (χ1n) is 7.28. The summed E-state index contributed by atoms with van der Waals surface area (Å²) >= 11 is 5.79. The molecule has 1 amide bonds. The third-order valence-corrected chi connectivity index (χ3v) is 3.36. The second-order valence-electron chi connectivity index (χ2n) is 5.42. The van der Waals surface area contributed by atoms with E-state index in [1.165, 1.54) is 36.4 Å². The van der Waals surface area contributed by atoms with Crippen LogP contribution in [-0.4, -0.2) is 16.9 Å². The molecule has 2 rings (SSSR count). The van der Waals surface area contributed by atoms with E-state index < -0.39 is 10.8 Å². The Labute approximate surface area is 148 Å². The van der Waals surface area contributed by atoms with Gasteiger partial charge in [-0.2, -0.15) is 5.26 Å². The third kappa shape index (κ3) is 4.46. The number of rotatable bonds is 5. The predicted molar refractivity (Wildman–Crippen MR) is 92.7 cm³/mol. The number of nitro benzene ring substituents is 1. The maximum atomic E-state index is 11.9. The summed E-state index contributed by atoms with van der Waals surface area (Å²) in [5.74, 6) is -0.0567. The fourth-order valence-corrected chi connectivity index (χ4v) is 2.24. The molecule has 0 fully saturated rings. The smallest absolute Gasteiger partial charge is 0.281 e. The molecule has 1 heterocycles. The molecule has 0 aliphatic carbocycles. The third-order valence-electron chi connectivity index (χ3n) is 3.12. The Morgan fingerprint density at radius 2 is 2.12 bits per heavy atom. The number of hydrogen-bond acceptors (Lipinski definition) is 5. The summed E-state index contributed by atoms with van der Waals surface area (Å²) in [6, 6.07) is 8.95. The minimum atomic E-state index is -0.559. The molecule has 0 saturated heterocycles. The molecule has 1 aromatic carbocycles. The van der Waals surface area contributed by atoms with Gasteiger partial charge in [-0.1, -0.05) is 11.6 Å². The molecule has 0 radical (unpaired) electrons. The van der Waals surface area contributed by atoms with Crippen molar-refractivity contribution in [1.29, 1.82) is 5.26 Å². The molecule has 1 aromatic heterocycles. The number of carbonyl (C=O) groups is 1. The second kappa shape index (κ2) is 7.64. The summed E-state index contributed by atoms with van der Waals surface area (Å²) in [6.45, 7) is 3.55. The van der Waals surface area contributed by atoms with Crippen molar-refractivity contribution in [2.75, 3.05) is 0 Å². The molecular weight excluding hydrogens is 346 g/mol. The average molecular weight is 360 g/mol. The quantitative estimate of drug-likeness (QED) is 0.376. The molecule has 0 atom stereocenters. The summed E-state index contributed by atoms with van der Waals surface area (Å²) in [6.07, 6.45) is 1.28. The first kappa shape index (κ1) is 18.2. The summed E-state index contributed by atoms with van der Waals surface area (Å²) in [5, 5.41) is 23.1. The van der Waals surface area contributed by atoms with E-state index in [0.29, 0.717) is 0 Å². The molecule has 2 aromatic rings.